The van der Waals surface area contributed by atoms with Gasteiger partial charge in [0.15, 0.2) is 6.61 Å². The maximum atomic E-state index is 12.0. The molecule has 130 valence electrons. The summed E-state index contributed by atoms with van der Waals surface area (Å²) in [5.74, 6) is -1.99. The first-order valence-electron chi connectivity index (χ1n) is 7.53. The van der Waals surface area contributed by atoms with E-state index < -0.39 is 24.5 Å². The molecule has 2 aromatic carbocycles. The summed E-state index contributed by atoms with van der Waals surface area (Å²) in [4.78, 5) is 35.6. The Kier molecular flexibility index (Phi) is 6.11. The van der Waals surface area contributed by atoms with Crippen molar-refractivity contribution in [1.82, 2.24) is 0 Å². The smallest absolute Gasteiger partial charge is 0.340 e. The number of nitrogens with one attached hydrogen (secondary N) is 1. The summed E-state index contributed by atoms with van der Waals surface area (Å²) in [6.07, 6.45) is 0. The molecule has 0 aliphatic rings. The Morgan fingerprint density at radius 1 is 1.00 bits per heavy atom. The molecule has 0 spiro atoms. The van der Waals surface area contributed by atoms with Crippen molar-refractivity contribution in [2.45, 2.75) is 6.92 Å². The zero-order valence-electron chi connectivity index (χ0n) is 13.5. The van der Waals surface area contributed by atoms with Gasteiger partial charge in [-0.25, -0.2) is 9.59 Å². The molecule has 7 heteroatoms. The van der Waals surface area contributed by atoms with E-state index in [1.807, 2.05) is 0 Å². The van der Waals surface area contributed by atoms with Crippen LogP contribution in [-0.4, -0.2) is 36.2 Å². The Balaban J connectivity index is 1.97. The number of benzene rings is 2. The van der Waals surface area contributed by atoms with Crippen molar-refractivity contribution in [2.75, 3.05) is 18.5 Å². The highest BCUT2D eigenvalue weighted by Gasteiger charge is 2.15. The van der Waals surface area contributed by atoms with E-state index >= 15 is 0 Å². The number of phenolic OH excluding ortho intramolecular Hbond substituents is 1. The third-order valence-electron chi connectivity index (χ3n) is 3.11. The minimum atomic E-state index is -0.746. The molecular formula is C18H17NO6. The Morgan fingerprint density at radius 2 is 1.76 bits per heavy atom. The maximum Gasteiger partial charge on any atom is 0.340 e. The fourth-order valence-corrected chi connectivity index (χ4v) is 2.01. The number of phenols is 1. The molecule has 0 saturated heterocycles. The van der Waals surface area contributed by atoms with Crippen molar-refractivity contribution in [3.63, 3.8) is 0 Å². The van der Waals surface area contributed by atoms with Gasteiger partial charge < -0.3 is 19.9 Å². The lowest BCUT2D eigenvalue weighted by atomic mass is 10.2. The SMILES string of the molecule is CCOC(=O)c1ccccc1NC(=O)COC(=O)c1cccc(O)c1. The first kappa shape index (κ1) is 18.0. The van der Waals surface area contributed by atoms with Crippen molar-refractivity contribution >= 4 is 23.5 Å². The average Bonchev–Trinajstić information content (AvgIpc) is 2.60. The molecule has 0 aliphatic heterocycles. The highest BCUT2D eigenvalue weighted by molar-refractivity contribution is 6.02. The largest absolute Gasteiger partial charge is 0.508 e. The van der Waals surface area contributed by atoms with Crippen molar-refractivity contribution in [2.24, 2.45) is 0 Å². The van der Waals surface area contributed by atoms with Crippen LogP contribution in [0.3, 0.4) is 0 Å². The summed E-state index contributed by atoms with van der Waals surface area (Å²) in [7, 11) is 0. The molecule has 0 saturated carbocycles. The van der Waals surface area contributed by atoms with Crippen molar-refractivity contribution in [1.29, 1.82) is 0 Å². The van der Waals surface area contributed by atoms with Crippen LogP contribution in [-0.2, 0) is 14.3 Å². The highest BCUT2D eigenvalue weighted by Crippen LogP contribution is 2.16. The van der Waals surface area contributed by atoms with Crippen molar-refractivity contribution in [3.8, 4) is 5.75 Å². The molecule has 0 aliphatic carbocycles. The fraction of sp³-hybridized carbons (Fsp3) is 0.167. The quantitative estimate of drug-likeness (QED) is 0.781. The van der Waals surface area contributed by atoms with E-state index in [4.69, 9.17) is 9.47 Å². The molecule has 1 amide bonds. The van der Waals surface area contributed by atoms with Crippen LogP contribution in [0.5, 0.6) is 5.75 Å². The van der Waals surface area contributed by atoms with Crippen LogP contribution in [0.25, 0.3) is 0 Å². The van der Waals surface area contributed by atoms with Crippen LogP contribution in [0.1, 0.15) is 27.6 Å². The molecule has 7 nitrogen and oxygen atoms in total. The third kappa shape index (κ3) is 5.07. The molecule has 0 heterocycles. The van der Waals surface area contributed by atoms with Crippen LogP contribution in [0.15, 0.2) is 48.5 Å². The van der Waals surface area contributed by atoms with Crippen LogP contribution in [0.4, 0.5) is 5.69 Å². The zero-order chi connectivity index (χ0) is 18.2. The fourth-order valence-electron chi connectivity index (χ4n) is 2.01. The first-order chi connectivity index (χ1) is 12.0. The van der Waals surface area contributed by atoms with E-state index in [1.165, 1.54) is 30.3 Å². The minimum absolute atomic E-state index is 0.0812. The number of carbonyl (C=O) groups is 3. The average molecular weight is 343 g/mol. The van der Waals surface area contributed by atoms with E-state index in [-0.39, 0.29) is 29.2 Å². The molecule has 0 atom stereocenters. The molecule has 0 radical (unpaired) electrons. The van der Waals surface area contributed by atoms with Gasteiger partial charge in [0.2, 0.25) is 0 Å². The van der Waals surface area contributed by atoms with E-state index in [0.717, 1.165) is 0 Å². The molecule has 0 fully saturated rings. The van der Waals surface area contributed by atoms with Gasteiger partial charge in [-0.05, 0) is 37.3 Å². The van der Waals surface area contributed by atoms with Gasteiger partial charge >= 0.3 is 11.9 Å². The number of anilines is 1. The molecule has 0 bridgehead atoms. The Bertz CT molecular complexity index is 787. The van der Waals surface area contributed by atoms with Gasteiger partial charge in [-0.15, -0.1) is 0 Å². The highest BCUT2D eigenvalue weighted by atomic mass is 16.5. The summed E-state index contributed by atoms with van der Waals surface area (Å²) in [6.45, 7) is 1.36. The molecule has 25 heavy (non-hydrogen) atoms. The van der Waals surface area contributed by atoms with Gasteiger partial charge in [0.05, 0.1) is 23.4 Å². The second-order valence-corrected chi connectivity index (χ2v) is 4.94. The molecule has 2 rings (SSSR count). The Labute approximate surface area is 144 Å². The number of hydrogen-bond donors (Lipinski definition) is 2. The third-order valence-corrected chi connectivity index (χ3v) is 3.11. The van der Waals surface area contributed by atoms with Crippen molar-refractivity contribution < 1.29 is 29.0 Å². The van der Waals surface area contributed by atoms with E-state index in [9.17, 15) is 19.5 Å². The minimum Gasteiger partial charge on any atom is -0.508 e. The Hall–Kier alpha value is -3.35. The van der Waals surface area contributed by atoms with Crippen LogP contribution < -0.4 is 5.32 Å². The predicted molar refractivity (Wildman–Crippen MR) is 89.4 cm³/mol. The number of hydrogen-bond acceptors (Lipinski definition) is 6. The second kappa shape index (κ2) is 8.49. The lowest BCUT2D eigenvalue weighted by molar-refractivity contribution is -0.119. The van der Waals surface area contributed by atoms with Gasteiger partial charge in [-0.2, -0.15) is 0 Å². The van der Waals surface area contributed by atoms with Gasteiger partial charge in [-0.1, -0.05) is 18.2 Å². The van der Waals surface area contributed by atoms with Crippen LogP contribution in [0, 0.1) is 0 Å². The number of aromatic hydroxyl groups is 1. The lowest BCUT2D eigenvalue weighted by Gasteiger charge is -2.10. The van der Waals surface area contributed by atoms with E-state index in [2.05, 4.69) is 5.32 Å². The summed E-state index contributed by atoms with van der Waals surface area (Å²) in [5.41, 5.74) is 0.594. The second-order valence-electron chi connectivity index (χ2n) is 4.94. The normalized spacial score (nSPS) is 9.96. The molecule has 0 aromatic heterocycles. The topological polar surface area (TPSA) is 102 Å². The molecule has 0 unspecified atom stereocenters. The summed E-state index contributed by atoms with van der Waals surface area (Å²) >= 11 is 0. The van der Waals surface area contributed by atoms with Gasteiger partial charge in [-0.3, -0.25) is 4.79 Å². The van der Waals surface area contributed by atoms with Gasteiger partial charge in [0, 0.05) is 0 Å². The zero-order valence-corrected chi connectivity index (χ0v) is 13.5. The number of ether oxygens (including phenoxy) is 2. The Morgan fingerprint density at radius 3 is 2.48 bits per heavy atom. The summed E-state index contributed by atoms with van der Waals surface area (Å²) in [5, 5.41) is 11.8. The molecule has 2 N–H and O–H groups in total. The maximum absolute atomic E-state index is 12.0. The first-order valence-corrected chi connectivity index (χ1v) is 7.53. The molecular weight excluding hydrogens is 326 g/mol. The number of para-hydroxylation sites is 1. The number of carbonyl (C=O) groups excluding carboxylic acids is 3. The van der Waals surface area contributed by atoms with Gasteiger partial charge in [0.25, 0.3) is 5.91 Å². The van der Waals surface area contributed by atoms with Crippen LogP contribution in [0.2, 0.25) is 0 Å². The number of esters is 2. The summed E-state index contributed by atoms with van der Waals surface area (Å²) < 4.78 is 9.80. The lowest BCUT2D eigenvalue weighted by Crippen LogP contribution is -2.22. The van der Waals surface area contributed by atoms with Crippen LogP contribution >= 0.6 is 0 Å². The number of rotatable bonds is 6. The van der Waals surface area contributed by atoms with E-state index in [1.54, 1.807) is 25.1 Å². The summed E-state index contributed by atoms with van der Waals surface area (Å²) in [6, 6.07) is 11.9. The predicted octanol–water partition coefficient (Wildman–Crippen LogP) is 2.36. The van der Waals surface area contributed by atoms with E-state index in [0.29, 0.717) is 0 Å². The van der Waals surface area contributed by atoms with Gasteiger partial charge in [0.1, 0.15) is 5.75 Å². The van der Waals surface area contributed by atoms with Crippen molar-refractivity contribution in [3.05, 3.63) is 59.7 Å². The number of amides is 1. The monoisotopic (exact) mass is 343 g/mol. The molecule has 2 aromatic rings. The standard InChI is InChI=1S/C18H17NO6/c1-2-24-18(23)14-8-3-4-9-15(14)19-16(21)11-25-17(22)12-6-5-7-13(20)10-12/h3-10,20H,2,11H2,1H3,(H,19,21).